The van der Waals surface area contributed by atoms with Crippen LogP contribution in [-0.4, -0.2) is 8.75 Å². The summed E-state index contributed by atoms with van der Waals surface area (Å²) >= 11 is 5.28. The molecule has 0 atom stereocenters. The number of hydrogen-bond acceptors (Lipinski definition) is 5. The monoisotopic (exact) mass is 580 g/mol. The first-order chi connectivity index (χ1) is 18.5. The zero-order valence-corrected chi connectivity index (χ0v) is 27.9. The van der Waals surface area contributed by atoms with E-state index in [0.717, 1.165) is 11.0 Å². The molecule has 39 heavy (non-hydrogen) atoms. The van der Waals surface area contributed by atoms with Crippen LogP contribution in [0.25, 0.3) is 31.9 Å². The van der Waals surface area contributed by atoms with Gasteiger partial charge in [-0.1, -0.05) is 106 Å². The van der Waals surface area contributed by atoms with Crippen LogP contribution < -0.4 is 0 Å². The van der Waals surface area contributed by atoms with E-state index in [1.54, 1.807) is 0 Å². The third-order valence-electron chi connectivity index (χ3n) is 7.53. The van der Waals surface area contributed by atoms with Gasteiger partial charge in [-0.05, 0) is 59.8 Å². The molecule has 212 valence electrons. The van der Waals surface area contributed by atoms with Crippen LogP contribution in [0.1, 0.15) is 128 Å². The summed E-state index contributed by atoms with van der Waals surface area (Å²) in [5, 5.41) is 0. The maximum atomic E-state index is 4.86. The normalized spacial score (nSPS) is 12.6. The van der Waals surface area contributed by atoms with Crippen LogP contribution in [0.15, 0.2) is 24.3 Å². The quantitative estimate of drug-likeness (QED) is 0.156. The number of nitrogens with zero attached hydrogens (tertiary/aromatic N) is 2. The Morgan fingerprint density at radius 2 is 1.00 bits per heavy atom. The highest BCUT2D eigenvalue weighted by Crippen LogP contribution is 2.45. The van der Waals surface area contributed by atoms with Crippen molar-refractivity contribution in [3.05, 3.63) is 45.1 Å². The third-order valence-corrected chi connectivity index (χ3v) is 11.3. The van der Waals surface area contributed by atoms with Crippen molar-refractivity contribution in [1.82, 2.24) is 8.75 Å². The van der Waals surface area contributed by atoms with Gasteiger partial charge in [-0.25, -0.2) is 0 Å². The summed E-state index contributed by atoms with van der Waals surface area (Å²) in [4.78, 5) is 5.73. The van der Waals surface area contributed by atoms with Gasteiger partial charge in [0.05, 0.1) is 11.7 Å². The first-order valence-electron chi connectivity index (χ1n) is 15.1. The minimum Gasteiger partial charge on any atom is -0.172 e. The Bertz CT molecular complexity index is 1260. The van der Waals surface area contributed by atoms with Crippen LogP contribution in [0.4, 0.5) is 0 Å². The first-order valence-corrected chi connectivity index (χ1v) is 17.4. The van der Waals surface area contributed by atoms with E-state index in [9.17, 15) is 0 Å². The van der Waals surface area contributed by atoms with Crippen LogP contribution >= 0.6 is 34.4 Å². The number of unbranched alkanes of at least 4 members (excludes halogenated alkanes) is 6. The molecule has 0 spiro atoms. The van der Waals surface area contributed by atoms with Gasteiger partial charge in [-0.3, -0.25) is 0 Å². The van der Waals surface area contributed by atoms with Gasteiger partial charge in [0.1, 0.15) is 11.0 Å². The highest BCUT2D eigenvalue weighted by Gasteiger charge is 2.25. The number of aryl methyl sites for hydroxylation is 2. The Morgan fingerprint density at radius 3 is 1.36 bits per heavy atom. The molecule has 5 heteroatoms. The van der Waals surface area contributed by atoms with E-state index in [4.69, 9.17) is 8.75 Å². The average Bonchev–Trinajstić information content (AvgIpc) is 3.62. The second-order valence-corrected chi connectivity index (χ2v) is 15.8. The molecule has 4 rings (SSSR count). The van der Waals surface area contributed by atoms with Crippen LogP contribution in [0.2, 0.25) is 0 Å². The molecule has 0 N–H and O–H groups in total. The van der Waals surface area contributed by atoms with Crippen LogP contribution in [0.3, 0.4) is 0 Å². The van der Waals surface area contributed by atoms with E-state index < -0.39 is 0 Å². The molecule has 0 fully saturated rings. The van der Waals surface area contributed by atoms with Crippen molar-refractivity contribution in [2.75, 3.05) is 0 Å². The lowest BCUT2D eigenvalue weighted by atomic mass is 9.89. The van der Waals surface area contributed by atoms with Crippen LogP contribution in [0, 0.1) is 0 Å². The largest absolute Gasteiger partial charge is 0.172 e. The van der Waals surface area contributed by atoms with Crippen molar-refractivity contribution in [3.63, 3.8) is 0 Å². The molecule has 4 aromatic rings. The van der Waals surface area contributed by atoms with Gasteiger partial charge in [0, 0.05) is 30.6 Å². The molecular formula is C34H48N2S3. The summed E-state index contributed by atoms with van der Waals surface area (Å²) in [7, 11) is 0. The van der Waals surface area contributed by atoms with Crippen molar-refractivity contribution in [2.45, 2.75) is 130 Å². The van der Waals surface area contributed by atoms with Gasteiger partial charge in [-0.15, -0.1) is 22.7 Å². The molecule has 0 radical (unpaired) electrons. The predicted molar refractivity (Wildman–Crippen MR) is 177 cm³/mol. The summed E-state index contributed by atoms with van der Waals surface area (Å²) in [6.07, 6.45) is 12.7. The van der Waals surface area contributed by atoms with E-state index >= 15 is 0 Å². The topological polar surface area (TPSA) is 25.8 Å². The number of fused-ring (bicyclic) bond motifs is 1. The van der Waals surface area contributed by atoms with Crippen molar-refractivity contribution >= 4 is 45.4 Å². The Balaban J connectivity index is 1.71. The first kappa shape index (κ1) is 30.4. The molecule has 0 aliphatic rings. The fourth-order valence-corrected chi connectivity index (χ4v) is 8.67. The SMILES string of the molecule is CCCCCCc1cc(-c2ccc(-c3cc(CCCCCC)c(C(C)(C)C)s3)c3nsnc23)sc1C(C)(C)C. The van der Waals surface area contributed by atoms with Gasteiger partial charge < -0.3 is 0 Å². The van der Waals surface area contributed by atoms with E-state index in [1.165, 1.54) is 118 Å². The molecule has 0 bridgehead atoms. The lowest BCUT2D eigenvalue weighted by molar-refractivity contribution is 0.590. The van der Waals surface area contributed by atoms with Crippen LogP contribution in [0.5, 0.6) is 0 Å². The number of benzene rings is 1. The molecule has 2 nitrogen and oxygen atoms in total. The number of rotatable bonds is 12. The molecule has 0 amide bonds. The fraction of sp³-hybridized carbons (Fsp3) is 0.588. The predicted octanol–water partition coefficient (Wildman–Crippen LogP) is 12.0. The van der Waals surface area contributed by atoms with Gasteiger partial charge in [0.25, 0.3) is 0 Å². The number of thiophene rings is 2. The second kappa shape index (κ2) is 13.0. The van der Waals surface area contributed by atoms with E-state index in [1.807, 2.05) is 22.7 Å². The van der Waals surface area contributed by atoms with Crippen molar-refractivity contribution < 1.29 is 0 Å². The molecule has 0 aliphatic heterocycles. The third kappa shape index (κ3) is 7.21. The molecule has 0 aliphatic carbocycles. The molecular weight excluding hydrogens is 533 g/mol. The minimum atomic E-state index is 0.149. The lowest BCUT2D eigenvalue weighted by Crippen LogP contribution is -2.11. The molecule has 0 unspecified atom stereocenters. The second-order valence-electron chi connectivity index (χ2n) is 13.2. The highest BCUT2D eigenvalue weighted by molar-refractivity contribution is 7.16. The molecule has 3 aromatic heterocycles. The standard InChI is InChI=1S/C34H48N2S3/c1-9-11-13-15-17-23-21-27(37-31(23)33(3,4)5)25-19-20-26(30-29(25)35-39-36-30)28-22-24(18-16-14-12-10-2)32(38-28)34(6,7)8/h19-22H,9-18H2,1-8H3. The van der Waals surface area contributed by atoms with E-state index in [-0.39, 0.29) is 10.8 Å². The Kier molecular flexibility index (Phi) is 10.1. The maximum Gasteiger partial charge on any atom is 0.114 e. The summed E-state index contributed by atoms with van der Waals surface area (Å²) < 4.78 is 9.72. The Hall–Kier alpha value is -1.56. The fourth-order valence-electron chi connectivity index (χ4n) is 5.51. The summed E-state index contributed by atoms with van der Waals surface area (Å²) in [5.74, 6) is 0. The van der Waals surface area contributed by atoms with Gasteiger partial charge in [0.15, 0.2) is 0 Å². The average molecular weight is 581 g/mol. The summed E-state index contributed by atoms with van der Waals surface area (Å²) in [6, 6.07) is 9.55. The van der Waals surface area contributed by atoms with Crippen molar-refractivity contribution in [3.8, 4) is 20.9 Å². The van der Waals surface area contributed by atoms with Gasteiger partial charge in [0.2, 0.25) is 0 Å². The van der Waals surface area contributed by atoms with Gasteiger partial charge >= 0.3 is 0 Å². The number of aromatic nitrogens is 2. The van der Waals surface area contributed by atoms with E-state index in [2.05, 4.69) is 79.7 Å². The van der Waals surface area contributed by atoms with Gasteiger partial charge in [-0.2, -0.15) is 8.75 Å². The zero-order valence-electron chi connectivity index (χ0n) is 25.5. The zero-order chi connectivity index (χ0) is 28.2. The minimum absolute atomic E-state index is 0.149. The molecule has 3 heterocycles. The molecule has 0 saturated carbocycles. The Morgan fingerprint density at radius 1 is 0.590 bits per heavy atom. The van der Waals surface area contributed by atoms with E-state index in [0.29, 0.717) is 0 Å². The summed E-state index contributed by atoms with van der Waals surface area (Å²) in [5.41, 5.74) is 7.96. The number of hydrogen-bond donors (Lipinski definition) is 0. The van der Waals surface area contributed by atoms with Crippen LogP contribution in [-0.2, 0) is 23.7 Å². The molecule has 1 aromatic carbocycles. The van der Waals surface area contributed by atoms with Crippen molar-refractivity contribution in [2.24, 2.45) is 0 Å². The lowest BCUT2D eigenvalue weighted by Gasteiger charge is -2.19. The van der Waals surface area contributed by atoms with Crippen molar-refractivity contribution in [1.29, 1.82) is 0 Å². The smallest absolute Gasteiger partial charge is 0.114 e. The Labute approximate surface area is 249 Å². The molecule has 0 saturated heterocycles. The highest BCUT2D eigenvalue weighted by atomic mass is 32.1. The summed E-state index contributed by atoms with van der Waals surface area (Å²) in [6.45, 7) is 18.7. The maximum absolute atomic E-state index is 4.86.